The Kier molecular flexibility index (Phi) is 3.93. The SMILES string of the molecule is O=S1(=O)C2C=C(c3ccc(Oc4ccccc4)cc3)CC1CCC2. The van der Waals surface area contributed by atoms with Crippen molar-refractivity contribution < 1.29 is 13.2 Å². The molecule has 0 N–H and O–H groups in total. The van der Waals surface area contributed by atoms with Crippen LogP contribution >= 0.6 is 0 Å². The van der Waals surface area contributed by atoms with Gasteiger partial charge in [0, 0.05) is 0 Å². The van der Waals surface area contributed by atoms with Gasteiger partial charge in [-0.1, -0.05) is 42.8 Å². The lowest BCUT2D eigenvalue weighted by atomic mass is 9.93. The molecule has 4 rings (SSSR count). The second kappa shape index (κ2) is 6.10. The maximum absolute atomic E-state index is 12.4. The number of benzene rings is 2. The van der Waals surface area contributed by atoms with Crippen LogP contribution in [-0.2, 0) is 9.84 Å². The molecule has 0 saturated carbocycles. The molecule has 2 aromatic rings. The summed E-state index contributed by atoms with van der Waals surface area (Å²) >= 11 is 0. The number of ether oxygens (including phenoxy) is 1. The van der Waals surface area contributed by atoms with Crippen LogP contribution in [0.15, 0.2) is 60.7 Å². The van der Waals surface area contributed by atoms with Crippen molar-refractivity contribution in [1.82, 2.24) is 0 Å². The van der Waals surface area contributed by atoms with Gasteiger partial charge in [-0.15, -0.1) is 0 Å². The Bertz CT molecular complexity index is 852. The average Bonchev–Trinajstić information content (AvgIpc) is 2.56. The molecule has 0 radical (unpaired) electrons. The molecule has 1 fully saturated rings. The third-order valence-corrected chi connectivity index (χ3v) is 7.49. The first-order chi connectivity index (χ1) is 11.6. The summed E-state index contributed by atoms with van der Waals surface area (Å²) in [5.41, 5.74) is 2.26. The number of sulfone groups is 1. The Labute approximate surface area is 142 Å². The summed E-state index contributed by atoms with van der Waals surface area (Å²) < 4.78 is 30.5. The number of hydrogen-bond acceptors (Lipinski definition) is 3. The Morgan fingerprint density at radius 3 is 2.29 bits per heavy atom. The van der Waals surface area contributed by atoms with Crippen molar-refractivity contribution >= 4 is 15.4 Å². The van der Waals surface area contributed by atoms with Crippen LogP contribution in [0.4, 0.5) is 0 Å². The van der Waals surface area contributed by atoms with Gasteiger partial charge in [0.15, 0.2) is 9.84 Å². The van der Waals surface area contributed by atoms with E-state index in [-0.39, 0.29) is 10.5 Å². The van der Waals surface area contributed by atoms with Crippen molar-refractivity contribution in [3.05, 3.63) is 66.2 Å². The van der Waals surface area contributed by atoms with Crippen LogP contribution in [0.25, 0.3) is 5.57 Å². The molecule has 0 spiro atoms. The standard InChI is InChI=1S/C20H20O3S/c21-24(22)19-7-4-8-20(24)14-16(13-19)15-9-11-18(12-10-15)23-17-5-2-1-3-6-17/h1-3,5-6,9-13,19-20H,4,7-8,14H2. The second-order valence-corrected chi connectivity index (χ2v) is 8.97. The van der Waals surface area contributed by atoms with E-state index in [9.17, 15) is 8.42 Å². The maximum atomic E-state index is 12.4. The normalized spacial score (nSPS) is 24.9. The number of rotatable bonds is 3. The smallest absolute Gasteiger partial charge is 0.159 e. The van der Waals surface area contributed by atoms with Gasteiger partial charge in [0.25, 0.3) is 0 Å². The highest BCUT2D eigenvalue weighted by molar-refractivity contribution is 7.93. The zero-order chi connectivity index (χ0) is 16.6. The van der Waals surface area contributed by atoms with Gasteiger partial charge in [0.1, 0.15) is 11.5 Å². The van der Waals surface area contributed by atoms with Crippen molar-refractivity contribution in [2.24, 2.45) is 0 Å². The summed E-state index contributed by atoms with van der Waals surface area (Å²) in [6.07, 6.45) is 5.18. The topological polar surface area (TPSA) is 43.4 Å². The summed E-state index contributed by atoms with van der Waals surface area (Å²) in [6.45, 7) is 0. The van der Waals surface area contributed by atoms with Gasteiger partial charge in [-0.2, -0.15) is 0 Å². The third-order valence-electron chi connectivity index (χ3n) is 4.94. The summed E-state index contributed by atoms with van der Waals surface area (Å²) in [5.74, 6) is 1.59. The van der Waals surface area contributed by atoms with Crippen LogP contribution in [0.5, 0.6) is 11.5 Å². The van der Waals surface area contributed by atoms with Gasteiger partial charge < -0.3 is 4.74 Å². The predicted octanol–water partition coefficient (Wildman–Crippen LogP) is 4.60. The van der Waals surface area contributed by atoms with E-state index >= 15 is 0 Å². The molecular weight excluding hydrogens is 320 g/mol. The lowest BCUT2D eigenvalue weighted by molar-refractivity contribution is 0.482. The molecule has 2 aromatic carbocycles. The lowest BCUT2D eigenvalue weighted by Crippen LogP contribution is -2.38. The highest BCUT2D eigenvalue weighted by atomic mass is 32.2. The van der Waals surface area contributed by atoms with E-state index in [0.717, 1.165) is 41.9 Å². The predicted molar refractivity (Wildman–Crippen MR) is 95.9 cm³/mol. The minimum Gasteiger partial charge on any atom is -0.457 e. The van der Waals surface area contributed by atoms with Crippen LogP contribution < -0.4 is 4.74 Å². The maximum Gasteiger partial charge on any atom is 0.159 e. The first-order valence-corrected chi connectivity index (χ1v) is 10.0. The van der Waals surface area contributed by atoms with Crippen LogP contribution in [0, 0.1) is 0 Å². The van der Waals surface area contributed by atoms with Crippen molar-refractivity contribution in [1.29, 1.82) is 0 Å². The van der Waals surface area contributed by atoms with Crippen LogP contribution in [-0.4, -0.2) is 18.9 Å². The molecule has 0 aromatic heterocycles. The zero-order valence-electron chi connectivity index (χ0n) is 13.4. The molecule has 2 bridgehead atoms. The van der Waals surface area contributed by atoms with Gasteiger partial charge in [0.2, 0.25) is 0 Å². The molecule has 2 heterocycles. The Balaban J connectivity index is 1.56. The molecule has 2 aliphatic heterocycles. The molecule has 3 nitrogen and oxygen atoms in total. The quantitative estimate of drug-likeness (QED) is 0.820. The van der Waals surface area contributed by atoms with Crippen LogP contribution in [0.2, 0.25) is 0 Å². The van der Waals surface area contributed by atoms with E-state index in [1.807, 2.05) is 60.7 Å². The molecule has 0 amide bonds. The van der Waals surface area contributed by atoms with E-state index in [1.165, 1.54) is 0 Å². The van der Waals surface area contributed by atoms with Crippen molar-refractivity contribution in [3.8, 4) is 11.5 Å². The second-order valence-electron chi connectivity index (χ2n) is 6.52. The number of allylic oxidation sites excluding steroid dienone is 1. The molecule has 2 atom stereocenters. The molecule has 24 heavy (non-hydrogen) atoms. The fraction of sp³-hybridized carbons (Fsp3) is 0.300. The highest BCUT2D eigenvalue weighted by Gasteiger charge is 2.40. The number of hydrogen-bond donors (Lipinski definition) is 0. The number of para-hydroxylation sites is 1. The van der Waals surface area contributed by atoms with Gasteiger partial charge in [-0.3, -0.25) is 0 Å². The summed E-state index contributed by atoms with van der Waals surface area (Å²) in [6, 6.07) is 17.6. The van der Waals surface area contributed by atoms with E-state index in [4.69, 9.17) is 4.74 Å². The van der Waals surface area contributed by atoms with Gasteiger partial charge in [-0.25, -0.2) is 8.42 Å². The van der Waals surface area contributed by atoms with Gasteiger partial charge >= 0.3 is 0 Å². The molecule has 2 unspecified atom stereocenters. The van der Waals surface area contributed by atoms with E-state index in [2.05, 4.69) is 0 Å². The average molecular weight is 340 g/mol. The van der Waals surface area contributed by atoms with Crippen molar-refractivity contribution in [2.75, 3.05) is 0 Å². The minimum atomic E-state index is -2.96. The van der Waals surface area contributed by atoms with Gasteiger partial charge in [0.05, 0.1) is 10.5 Å². The highest BCUT2D eigenvalue weighted by Crippen LogP contribution is 2.39. The molecule has 0 aliphatic carbocycles. The van der Waals surface area contributed by atoms with E-state index < -0.39 is 9.84 Å². The van der Waals surface area contributed by atoms with Crippen LogP contribution in [0.1, 0.15) is 31.2 Å². The minimum absolute atomic E-state index is 0.198. The van der Waals surface area contributed by atoms with Crippen molar-refractivity contribution in [3.63, 3.8) is 0 Å². The summed E-state index contributed by atoms with van der Waals surface area (Å²) in [4.78, 5) is 0. The zero-order valence-corrected chi connectivity index (χ0v) is 14.2. The van der Waals surface area contributed by atoms with Gasteiger partial charge in [-0.05, 0) is 54.7 Å². The monoisotopic (exact) mass is 340 g/mol. The largest absolute Gasteiger partial charge is 0.457 e. The Hall–Kier alpha value is -2.07. The first kappa shape index (κ1) is 15.5. The van der Waals surface area contributed by atoms with E-state index in [1.54, 1.807) is 0 Å². The molecule has 4 heteroatoms. The fourth-order valence-electron chi connectivity index (χ4n) is 3.63. The molecule has 124 valence electrons. The van der Waals surface area contributed by atoms with Crippen molar-refractivity contribution in [2.45, 2.75) is 36.2 Å². The van der Waals surface area contributed by atoms with E-state index in [0.29, 0.717) is 6.42 Å². The third kappa shape index (κ3) is 2.86. The lowest BCUT2D eigenvalue weighted by Gasteiger charge is -2.33. The molecular formula is C20H20O3S. The number of fused-ring (bicyclic) bond motifs is 2. The molecule has 2 aliphatic rings. The first-order valence-electron chi connectivity index (χ1n) is 8.40. The summed E-state index contributed by atoms with van der Waals surface area (Å²) in [5, 5.41) is -0.489. The Morgan fingerprint density at radius 1 is 0.875 bits per heavy atom. The molecule has 1 saturated heterocycles. The Morgan fingerprint density at radius 2 is 1.58 bits per heavy atom. The fourth-order valence-corrected chi connectivity index (χ4v) is 5.88. The van der Waals surface area contributed by atoms with Crippen LogP contribution in [0.3, 0.4) is 0 Å². The summed E-state index contributed by atoms with van der Waals surface area (Å²) in [7, 11) is -2.96.